The van der Waals surface area contributed by atoms with Crippen molar-refractivity contribution in [2.24, 2.45) is 7.05 Å². The summed E-state index contributed by atoms with van der Waals surface area (Å²) in [6.07, 6.45) is 0. The molecule has 78 valence electrons. The number of phenols is 1. The smallest absolute Gasteiger partial charge is 0.195 e. The second-order valence-electron chi connectivity index (χ2n) is 3.41. The van der Waals surface area contributed by atoms with Gasteiger partial charge in [0.05, 0.1) is 0 Å². The molecule has 1 aromatic heterocycles. The van der Waals surface area contributed by atoms with Gasteiger partial charge in [-0.25, -0.2) is 0 Å². The Kier molecular flexibility index (Phi) is 2.32. The van der Waals surface area contributed by atoms with Gasteiger partial charge in [-0.2, -0.15) is 5.10 Å². The summed E-state index contributed by atoms with van der Waals surface area (Å²) >= 11 is 5.03. The molecule has 2 rings (SSSR count). The van der Waals surface area contributed by atoms with E-state index in [1.165, 1.54) is 0 Å². The van der Waals surface area contributed by atoms with Gasteiger partial charge in [0.1, 0.15) is 5.75 Å². The third-order valence-electron chi connectivity index (χ3n) is 2.33. The van der Waals surface area contributed by atoms with E-state index in [0.717, 1.165) is 17.0 Å². The van der Waals surface area contributed by atoms with E-state index >= 15 is 0 Å². The lowest BCUT2D eigenvalue weighted by atomic mass is 10.1. The molecule has 0 aliphatic carbocycles. The first-order valence-electron chi connectivity index (χ1n) is 4.51. The molecular weight excluding hydrogens is 210 g/mol. The van der Waals surface area contributed by atoms with E-state index in [-0.39, 0.29) is 5.75 Å². The number of phenolic OH excluding ortho intramolecular Hbond substituents is 1. The van der Waals surface area contributed by atoms with Crippen LogP contribution in [0.1, 0.15) is 5.56 Å². The Balaban J connectivity index is 2.59. The second kappa shape index (κ2) is 3.51. The molecule has 0 bridgehead atoms. The average molecular weight is 221 g/mol. The molecule has 0 atom stereocenters. The molecule has 2 N–H and O–H groups in total. The van der Waals surface area contributed by atoms with E-state index in [1.807, 2.05) is 26.1 Å². The first-order valence-corrected chi connectivity index (χ1v) is 4.92. The minimum absolute atomic E-state index is 0.288. The molecule has 1 aromatic carbocycles. The van der Waals surface area contributed by atoms with Gasteiger partial charge in [-0.1, -0.05) is 0 Å². The average Bonchev–Trinajstić information content (AvgIpc) is 2.53. The monoisotopic (exact) mass is 221 g/mol. The Hall–Kier alpha value is -1.62. The van der Waals surface area contributed by atoms with Crippen LogP contribution < -0.4 is 0 Å². The molecule has 0 spiro atoms. The molecule has 0 aliphatic rings. The van der Waals surface area contributed by atoms with E-state index in [1.54, 1.807) is 10.6 Å². The van der Waals surface area contributed by atoms with Crippen LogP contribution in [-0.4, -0.2) is 19.9 Å². The molecule has 0 amide bonds. The molecule has 15 heavy (non-hydrogen) atoms. The molecule has 5 heteroatoms. The molecule has 0 radical (unpaired) electrons. The lowest BCUT2D eigenvalue weighted by Gasteiger charge is -2.03. The summed E-state index contributed by atoms with van der Waals surface area (Å²) in [6.45, 7) is 1.85. The highest BCUT2D eigenvalue weighted by Gasteiger charge is 2.06. The highest BCUT2D eigenvalue weighted by Crippen LogP contribution is 2.23. The van der Waals surface area contributed by atoms with Crippen LogP contribution in [0.3, 0.4) is 0 Å². The first kappa shape index (κ1) is 9.92. The zero-order valence-electron chi connectivity index (χ0n) is 8.48. The van der Waals surface area contributed by atoms with Crippen molar-refractivity contribution < 1.29 is 5.11 Å². The van der Waals surface area contributed by atoms with Crippen molar-refractivity contribution in [2.75, 3.05) is 0 Å². The van der Waals surface area contributed by atoms with Gasteiger partial charge >= 0.3 is 0 Å². The Bertz CT molecular complexity index is 556. The third kappa shape index (κ3) is 1.66. The summed E-state index contributed by atoms with van der Waals surface area (Å²) in [5.74, 6) is 1.05. The van der Waals surface area contributed by atoms with Gasteiger partial charge in [0.25, 0.3) is 0 Å². The number of aromatic hydroxyl groups is 1. The number of aryl methyl sites for hydroxylation is 1. The molecule has 2 aromatic rings. The normalized spacial score (nSPS) is 10.5. The maximum atomic E-state index is 9.41. The maximum Gasteiger partial charge on any atom is 0.195 e. The lowest BCUT2D eigenvalue weighted by molar-refractivity contribution is 0.471. The van der Waals surface area contributed by atoms with Crippen molar-refractivity contribution in [3.05, 3.63) is 28.5 Å². The van der Waals surface area contributed by atoms with Crippen molar-refractivity contribution in [2.45, 2.75) is 6.92 Å². The predicted molar refractivity (Wildman–Crippen MR) is 60.2 cm³/mol. The Morgan fingerprint density at radius 3 is 2.73 bits per heavy atom. The van der Waals surface area contributed by atoms with Gasteiger partial charge in [-0.15, -0.1) is 0 Å². The van der Waals surface area contributed by atoms with Gasteiger partial charge in [0.15, 0.2) is 10.6 Å². The molecule has 4 nitrogen and oxygen atoms in total. The van der Waals surface area contributed by atoms with Crippen LogP contribution in [0.25, 0.3) is 11.4 Å². The van der Waals surface area contributed by atoms with Crippen LogP contribution in [0.2, 0.25) is 0 Å². The summed E-state index contributed by atoms with van der Waals surface area (Å²) < 4.78 is 2.37. The summed E-state index contributed by atoms with van der Waals surface area (Å²) in [5.41, 5.74) is 1.75. The molecule has 1 heterocycles. The lowest BCUT2D eigenvalue weighted by Crippen LogP contribution is -1.92. The highest BCUT2D eigenvalue weighted by molar-refractivity contribution is 7.71. The van der Waals surface area contributed by atoms with E-state index in [9.17, 15) is 5.11 Å². The number of aromatic nitrogens is 3. The van der Waals surface area contributed by atoms with E-state index in [2.05, 4.69) is 10.2 Å². The largest absolute Gasteiger partial charge is 0.508 e. The number of benzene rings is 1. The molecule has 0 saturated heterocycles. The fourth-order valence-electron chi connectivity index (χ4n) is 1.40. The number of nitrogens with one attached hydrogen (secondary N) is 1. The fourth-order valence-corrected chi connectivity index (χ4v) is 1.53. The van der Waals surface area contributed by atoms with Gasteiger partial charge < -0.3 is 9.67 Å². The van der Waals surface area contributed by atoms with Crippen LogP contribution in [0.15, 0.2) is 18.2 Å². The molecule has 0 unspecified atom stereocenters. The number of rotatable bonds is 1. The van der Waals surface area contributed by atoms with Gasteiger partial charge in [-0.05, 0) is 42.9 Å². The standard InChI is InChI=1S/C10H11N3OS/c1-6-5-7(3-4-8(6)14)9-11-12-10(15)13(9)2/h3-5,14H,1-2H3,(H,12,15). The zero-order chi connectivity index (χ0) is 11.0. The second-order valence-corrected chi connectivity index (χ2v) is 3.80. The zero-order valence-corrected chi connectivity index (χ0v) is 9.30. The van der Waals surface area contributed by atoms with Gasteiger partial charge in [0.2, 0.25) is 0 Å². The number of hydrogen-bond acceptors (Lipinski definition) is 3. The Morgan fingerprint density at radius 2 is 2.20 bits per heavy atom. The van der Waals surface area contributed by atoms with E-state index < -0.39 is 0 Å². The first-order chi connectivity index (χ1) is 7.09. The van der Waals surface area contributed by atoms with Crippen LogP contribution >= 0.6 is 12.2 Å². The Labute approximate surface area is 92.2 Å². The minimum atomic E-state index is 0.288. The fraction of sp³-hybridized carbons (Fsp3) is 0.200. The number of aromatic amines is 1. The predicted octanol–water partition coefficient (Wildman–Crippen LogP) is 2.16. The molecule has 0 fully saturated rings. The summed E-state index contributed by atoms with van der Waals surface area (Å²) in [5, 5.41) is 16.3. The van der Waals surface area contributed by atoms with Crippen molar-refractivity contribution in [1.82, 2.24) is 14.8 Å². The maximum absolute atomic E-state index is 9.41. The van der Waals surface area contributed by atoms with Crippen molar-refractivity contribution in [1.29, 1.82) is 0 Å². The van der Waals surface area contributed by atoms with Crippen molar-refractivity contribution in [3.8, 4) is 17.1 Å². The Morgan fingerprint density at radius 1 is 1.47 bits per heavy atom. The van der Waals surface area contributed by atoms with Gasteiger partial charge in [0, 0.05) is 12.6 Å². The van der Waals surface area contributed by atoms with Crippen LogP contribution in [0.5, 0.6) is 5.75 Å². The summed E-state index contributed by atoms with van der Waals surface area (Å²) in [7, 11) is 1.85. The SMILES string of the molecule is Cc1cc(-c2n[nH]c(=S)n2C)ccc1O. The van der Waals surface area contributed by atoms with E-state index in [0.29, 0.717) is 4.77 Å². The van der Waals surface area contributed by atoms with Crippen LogP contribution in [0, 0.1) is 11.7 Å². The molecule has 0 saturated carbocycles. The molecular formula is C10H11N3OS. The topological polar surface area (TPSA) is 53.8 Å². The van der Waals surface area contributed by atoms with Crippen molar-refractivity contribution >= 4 is 12.2 Å². The summed E-state index contributed by atoms with van der Waals surface area (Å²) in [4.78, 5) is 0. The number of nitrogens with zero attached hydrogens (tertiary/aromatic N) is 2. The van der Waals surface area contributed by atoms with Crippen LogP contribution in [-0.2, 0) is 7.05 Å². The minimum Gasteiger partial charge on any atom is -0.508 e. The number of H-pyrrole nitrogens is 1. The third-order valence-corrected chi connectivity index (χ3v) is 2.70. The molecule has 0 aliphatic heterocycles. The van der Waals surface area contributed by atoms with Crippen LogP contribution in [0.4, 0.5) is 0 Å². The van der Waals surface area contributed by atoms with Crippen molar-refractivity contribution in [3.63, 3.8) is 0 Å². The van der Waals surface area contributed by atoms with Gasteiger partial charge in [-0.3, -0.25) is 5.10 Å². The number of hydrogen-bond donors (Lipinski definition) is 2. The summed E-state index contributed by atoms with van der Waals surface area (Å²) in [6, 6.07) is 5.34. The van der Waals surface area contributed by atoms with E-state index in [4.69, 9.17) is 12.2 Å². The quantitative estimate of drug-likeness (QED) is 0.725. The highest BCUT2D eigenvalue weighted by atomic mass is 32.1.